The van der Waals surface area contributed by atoms with Crippen LogP contribution in [0.15, 0.2) is 37.1 Å². The first kappa shape index (κ1) is 26.6. The molecule has 3 aromatic rings. The van der Waals surface area contributed by atoms with Crippen molar-refractivity contribution in [3.8, 4) is 22.8 Å². The van der Waals surface area contributed by atoms with E-state index in [9.17, 15) is 4.79 Å². The summed E-state index contributed by atoms with van der Waals surface area (Å²) >= 11 is 0. The number of carbonyl (C=O) groups excluding carboxylic acids is 1. The van der Waals surface area contributed by atoms with Gasteiger partial charge in [0.15, 0.2) is 23.1 Å². The molecular weight excluding hydrogens is 508 g/mol. The average molecular weight is 540 g/mol. The van der Waals surface area contributed by atoms with Crippen LogP contribution < -0.4 is 25.4 Å². The average Bonchev–Trinajstić information content (AvgIpc) is 3.70. The van der Waals surface area contributed by atoms with Gasteiger partial charge in [-0.2, -0.15) is 0 Å². The van der Waals surface area contributed by atoms with Gasteiger partial charge >= 0.3 is 0 Å². The lowest BCUT2D eigenvalue weighted by Gasteiger charge is -2.21. The van der Waals surface area contributed by atoms with Crippen molar-refractivity contribution in [3.63, 3.8) is 0 Å². The predicted molar refractivity (Wildman–Crippen MR) is 144 cm³/mol. The van der Waals surface area contributed by atoms with Crippen LogP contribution in [0.4, 0.5) is 20.4 Å². The molecule has 1 saturated carbocycles. The number of halogens is 2. The fourth-order valence-electron chi connectivity index (χ4n) is 4.77. The third-order valence-electron chi connectivity index (χ3n) is 7.16. The number of hydrogen-bond acceptors (Lipinski definition) is 8. The number of carbonyl (C=O) groups is 1. The first-order valence-corrected chi connectivity index (χ1v) is 12.8. The fourth-order valence-corrected chi connectivity index (χ4v) is 4.77. The van der Waals surface area contributed by atoms with Gasteiger partial charge in [-0.3, -0.25) is 4.79 Å². The number of fused-ring (bicyclic) bond motifs is 1. The van der Waals surface area contributed by atoms with Crippen LogP contribution in [-0.2, 0) is 9.53 Å². The second kappa shape index (κ2) is 11.0. The van der Waals surface area contributed by atoms with E-state index in [2.05, 4.69) is 39.4 Å². The summed E-state index contributed by atoms with van der Waals surface area (Å²) in [6, 6.07) is 4.23. The van der Waals surface area contributed by atoms with Crippen molar-refractivity contribution in [3.05, 3.63) is 48.7 Å². The van der Waals surface area contributed by atoms with Gasteiger partial charge in [-0.15, -0.1) is 0 Å². The molecule has 1 aromatic carbocycles. The summed E-state index contributed by atoms with van der Waals surface area (Å²) in [4.78, 5) is 21.0. The lowest BCUT2D eigenvalue weighted by molar-refractivity contribution is -0.117. The van der Waals surface area contributed by atoms with E-state index in [1.165, 1.54) is 26.4 Å². The van der Waals surface area contributed by atoms with Crippen LogP contribution in [-0.4, -0.2) is 61.4 Å². The van der Waals surface area contributed by atoms with Gasteiger partial charge in [0, 0.05) is 29.1 Å². The Bertz CT molecular complexity index is 1390. The number of hydrogen-bond donors (Lipinski definition) is 3. The van der Waals surface area contributed by atoms with E-state index in [1.54, 1.807) is 12.3 Å². The van der Waals surface area contributed by atoms with Gasteiger partial charge in [0.25, 0.3) is 0 Å². The molecule has 206 valence electrons. The minimum absolute atomic E-state index is 0.0825. The Labute approximate surface area is 225 Å². The van der Waals surface area contributed by atoms with Crippen LogP contribution in [0.25, 0.3) is 22.0 Å². The third-order valence-corrected chi connectivity index (χ3v) is 7.16. The smallest absolute Gasteiger partial charge is 0.243 e. The van der Waals surface area contributed by atoms with Crippen molar-refractivity contribution in [1.29, 1.82) is 0 Å². The van der Waals surface area contributed by atoms with Crippen LogP contribution in [0.2, 0.25) is 0 Å². The van der Waals surface area contributed by atoms with Gasteiger partial charge in [-0.1, -0.05) is 6.58 Å². The second-order valence-electron chi connectivity index (χ2n) is 9.81. The minimum Gasteiger partial charge on any atom is -0.494 e. The van der Waals surface area contributed by atoms with E-state index in [0.717, 1.165) is 18.2 Å². The molecular formula is C28H31F2N5O4. The van der Waals surface area contributed by atoms with Crippen LogP contribution >= 0.6 is 0 Å². The number of pyridine rings is 2. The standard InChI is InChI=1S/C28H31F2N5O4/c1-5-24(36)34-20-13-39-12-19(20)33-23-9-17-16(11-31-23)8-18(35-28(17)32-14(2)15-6-7-15)25-26(29)21(37-3)10-22(38-4)27(25)30/h5,8-11,14-15,19-20H,1,6-7,12-13H2,2-4H3,(H,31,33)(H,32,35)(H,34,36)/t14?,19-,20+/m1/s1. The minimum atomic E-state index is -0.871. The Balaban J connectivity index is 1.56. The Morgan fingerprint density at radius 1 is 1.13 bits per heavy atom. The molecule has 9 nitrogen and oxygen atoms in total. The SMILES string of the molecule is C=CC(=O)N[C@H]1COC[C@H]1Nc1cc2c(NC(C)C3CC3)nc(-c3c(F)c(OC)cc(OC)c3F)cc2cn1. The molecule has 1 unspecified atom stereocenters. The second-order valence-corrected chi connectivity index (χ2v) is 9.81. The monoisotopic (exact) mass is 539 g/mol. The summed E-state index contributed by atoms with van der Waals surface area (Å²) in [7, 11) is 2.61. The Kier molecular flexibility index (Phi) is 7.51. The lowest BCUT2D eigenvalue weighted by Crippen LogP contribution is -2.45. The van der Waals surface area contributed by atoms with Gasteiger partial charge in [-0.05, 0) is 43.9 Å². The largest absolute Gasteiger partial charge is 0.494 e. The number of amides is 1. The number of methoxy groups -OCH3 is 2. The highest BCUT2D eigenvalue weighted by atomic mass is 19.1. The molecule has 3 N–H and O–H groups in total. The molecule has 0 radical (unpaired) electrons. The van der Waals surface area contributed by atoms with Crippen molar-refractivity contribution in [2.24, 2.45) is 5.92 Å². The number of benzene rings is 1. The van der Waals surface area contributed by atoms with Gasteiger partial charge in [-0.25, -0.2) is 18.7 Å². The molecule has 2 aliphatic rings. The molecule has 2 fully saturated rings. The number of aromatic nitrogens is 2. The number of ether oxygens (including phenoxy) is 3. The van der Waals surface area contributed by atoms with Gasteiger partial charge < -0.3 is 30.2 Å². The maximum Gasteiger partial charge on any atom is 0.243 e. The first-order chi connectivity index (χ1) is 18.8. The summed E-state index contributed by atoms with van der Waals surface area (Å²) in [6.45, 7) is 6.31. The van der Waals surface area contributed by atoms with E-state index in [4.69, 9.17) is 14.2 Å². The van der Waals surface area contributed by atoms with E-state index in [-0.39, 0.29) is 46.8 Å². The summed E-state index contributed by atoms with van der Waals surface area (Å²) in [5, 5.41) is 11.0. The number of rotatable bonds is 10. The van der Waals surface area contributed by atoms with Crippen molar-refractivity contribution in [2.75, 3.05) is 38.1 Å². The normalized spacial score (nSPS) is 19.4. The Morgan fingerprint density at radius 3 is 2.46 bits per heavy atom. The first-order valence-electron chi connectivity index (χ1n) is 12.8. The van der Waals surface area contributed by atoms with Gasteiger partial charge in [0.05, 0.1) is 50.8 Å². The molecule has 1 aliphatic heterocycles. The van der Waals surface area contributed by atoms with Crippen LogP contribution in [0, 0.1) is 17.6 Å². The van der Waals surface area contributed by atoms with Crippen LogP contribution in [0.3, 0.4) is 0 Å². The molecule has 0 spiro atoms. The molecule has 5 rings (SSSR count). The molecule has 3 heterocycles. The van der Waals surface area contributed by atoms with Gasteiger partial charge in [0.1, 0.15) is 11.6 Å². The fraction of sp³-hybridized carbons (Fsp3) is 0.393. The molecule has 1 aliphatic carbocycles. The zero-order valence-corrected chi connectivity index (χ0v) is 22.0. The Morgan fingerprint density at radius 2 is 1.82 bits per heavy atom. The highest BCUT2D eigenvalue weighted by Gasteiger charge is 2.31. The molecule has 0 bridgehead atoms. The topological polar surface area (TPSA) is 107 Å². The highest BCUT2D eigenvalue weighted by Crippen LogP contribution is 2.40. The quantitative estimate of drug-likeness (QED) is 0.328. The third kappa shape index (κ3) is 5.44. The number of anilines is 2. The molecule has 1 saturated heterocycles. The summed E-state index contributed by atoms with van der Waals surface area (Å²) < 4.78 is 46.5. The van der Waals surface area contributed by atoms with Crippen molar-refractivity contribution in [1.82, 2.24) is 15.3 Å². The van der Waals surface area contributed by atoms with E-state index in [0.29, 0.717) is 36.2 Å². The van der Waals surface area contributed by atoms with Crippen molar-refractivity contribution < 1.29 is 27.8 Å². The van der Waals surface area contributed by atoms with E-state index in [1.807, 2.05) is 6.07 Å². The van der Waals surface area contributed by atoms with Gasteiger partial charge in [0.2, 0.25) is 5.91 Å². The van der Waals surface area contributed by atoms with E-state index >= 15 is 8.78 Å². The van der Waals surface area contributed by atoms with Crippen molar-refractivity contribution >= 4 is 28.3 Å². The zero-order chi connectivity index (χ0) is 27.7. The van der Waals surface area contributed by atoms with Crippen molar-refractivity contribution in [2.45, 2.75) is 37.9 Å². The van der Waals surface area contributed by atoms with E-state index < -0.39 is 11.6 Å². The highest BCUT2D eigenvalue weighted by molar-refractivity contribution is 5.96. The Hall–Kier alpha value is -3.99. The maximum atomic E-state index is 15.4. The van der Waals surface area contributed by atoms with Crippen LogP contribution in [0.1, 0.15) is 19.8 Å². The van der Waals surface area contributed by atoms with Crippen LogP contribution in [0.5, 0.6) is 11.5 Å². The molecule has 2 aromatic heterocycles. The zero-order valence-electron chi connectivity index (χ0n) is 22.0. The molecule has 3 atom stereocenters. The molecule has 11 heteroatoms. The lowest BCUT2D eigenvalue weighted by atomic mass is 10.0. The summed E-state index contributed by atoms with van der Waals surface area (Å²) in [5.41, 5.74) is -0.263. The number of nitrogens with one attached hydrogen (secondary N) is 3. The maximum absolute atomic E-state index is 15.4. The summed E-state index contributed by atoms with van der Waals surface area (Å²) in [6.07, 6.45) is 5.05. The number of nitrogens with zero attached hydrogens (tertiary/aromatic N) is 2. The molecule has 39 heavy (non-hydrogen) atoms. The molecule has 1 amide bonds. The predicted octanol–water partition coefficient (Wildman–Crippen LogP) is 4.28. The summed E-state index contributed by atoms with van der Waals surface area (Å²) in [5.74, 6) is -0.802.